The van der Waals surface area contributed by atoms with Gasteiger partial charge in [-0.15, -0.1) is 11.8 Å². The van der Waals surface area contributed by atoms with Crippen molar-refractivity contribution in [3.05, 3.63) is 0 Å². The zero-order chi connectivity index (χ0) is 19.9. The van der Waals surface area contributed by atoms with E-state index in [1.807, 2.05) is 0 Å². The fourth-order valence-electron chi connectivity index (χ4n) is 3.34. The van der Waals surface area contributed by atoms with E-state index < -0.39 is 6.09 Å². The molecule has 0 aromatic rings. The van der Waals surface area contributed by atoms with Crippen LogP contribution in [-0.4, -0.2) is 65.6 Å². The van der Waals surface area contributed by atoms with Gasteiger partial charge in [-0.1, -0.05) is 0 Å². The number of amides is 1. The largest absolute Gasteiger partial charge is 0.448 e. The number of fused-ring (bicyclic) bond motifs is 1. The maximum absolute atomic E-state index is 11.6. The van der Waals surface area contributed by atoms with Gasteiger partial charge in [-0.2, -0.15) is 5.48 Å². The Morgan fingerprint density at radius 2 is 1.39 bits per heavy atom. The normalized spacial score (nSPS) is 23.0. The van der Waals surface area contributed by atoms with Crippen LogP contribution in [0.3, 0.4) is 0 Å². The number of nitrogens with one attached hydrogen (secondary N) is 1. The van der Waals surface area contributed by atoms with E-state index in [2.05, 4.69) is 22.2 Å². The zero-order valence-corrected chi connectivity index (χ0v) is 16.4. The van der Waals surface area contributed by atoms with Crippen LogP contribution >= 0.6 is 0 Å². The van der Waals surface area contributed by atoms with E-state index in [4.69, 9.17) is 29.7 Å². The minimum atomic E-state index is -0.557. The molecule has 0 heterocycles. The first-order valence-corrected chi connectivity index (χ1v) is 9.88. The second-order valence-corrected chi connectivity index (χ2v) is 6.68. The first-order chi connectivity index (χ1) is 13.8. The highest BCUT2D eigenvalue weighted by molar-refractivity contribution is 5.65. The van der Waals surface area contributed by atoms with E-state index in [0.29, 0.717) is 70.6 Å². The molecule has 9 heteroatoms. The average Bonchev–Trinajstić information content (AvgIpc) is 3.33. The standard InChI is InChI=1S/C19H32N2O7/c20-27-13-11-24-9-7-23-8-10-25-12-14-28-21-19(22)26-15-18-16-5-3-1-2-4-6-17(16)18/h16-18H,3-15,20H2,(H,21,22)/t16-,17+,18?. The third kappa shape index (κ3) is 9.68. The van der Waals surface area contributed by atoms with Crippen molar-refractivity contribution >= 4 is 6.09 Å². The molecule has 2 aliphatic carbocycles. The van der Waals surface area contributed by atoms with Crippen LogP contribution in [0.5, 0.6) is 0 Å². The highest BCUT2D eigenvalue weighted by atomic mass is 16.7. The topological polar surface area (TPSA) is 111 Å². The summed E-state index contributed by atoms with van der Waals surface area (Å²) in [6.45, 7) is 3.70. The summed E-state index contributed by atoms with van der Waals surface area (Å²) in [5.41, 5.74) is 2.27. The van der Waals surface area contributed by atoms with Gasteiger partial charge in [0.15, 0.2) is 0 Å². The first kappa shape index (κ1) is 22.9. The van der Waals surface area contributed by atoms with Crippen molar-refractivity contribution in [2.75, 3.05) is 59.5 Å². The van der Waals surface area contributed by atoms with Crippen LogP contribution in [0.15, 0.2) is 0 Å². The molecule has 9 nitrogen and oxygen atoms in total. The Hall–Kier alpha value is -1.41. The second kappa shape index (κ2) is 14.6. The Balaban J connectivity index is 1.32. The van der Waals surface area contributed by atoms with Crippen LogP contribution in [0.25, 0.3) is 0 Å². The molecular formula is C19H32N2O7. The molecule has 3 atom stereocenters. The van der Waals surface area contributed by atoms with E-state index in [1.165, 1.54) is 0 Å². The quantitative estimate of drug-likeness (QED) is 0.238. The number of nitrogens with two attached hydrogens (primary N) is 1. The molecule has 0 bridgehead atoms. The van der Waals surface area contributed by atoms with Crippen molar-refractivity contribution in [3.8, 4) is 11.8 Å². The first-order valence-electron chi connectivity index (χ1n) is 9.88. The van der Waals surface area contributed by atoms with Gasteiger partial charge in [0.05, 0.1) is 59.5 Å². The minimum Gasteiger partial charge on any atom is -0.448 e. The summed E-state index contributed by atoms with van der Waals surface area (Å²) in [5.74, 6) is 13.0. The summed E-state index contributed by atoms with van der Waals surface area (Å²) >= 11 is 0. The van der Waals surface area contributed by atoms with Crippen molar-refractivity contribution in [3.63, 3.8) is 0 Å². The van der Waals surface area contributed by atoms with Gasteiger partial charge in [-0.25, -0.2) is 10.7 Å². The molecule has 0 radical (unpaired) electrons. The zero-order valence-electron chi connectivity index (χ0n) is 16.4. The number of carbonyl (C=O) groups is 1. The van der Waals surface area contributed by atoms with E-state index in [1.54, 1.807) is 0 Å². The summed E-state index contributed by atoms with van der Waals surface area (Å²) in [5, 5.41) is 0. The predicted molar refractivity (Wildman–Crippen MR) is 99.7 cm³/mol. The van der Waals surface area contributed by atoms with Crippen LogP contribution in [-0.2, 0) is 28.6 Å². The number of ether oxygens (including phenoxy) is 4. The lowest BCUT2D eigenvalue weighted by Crippen LogP contribution is -2.27. The van der Waals surface area contributed by atoms with E-state index in [-0.39, 0.29) is 6.61 Å². The van der Waals surface area contributed by atoms with Crippen molar-refractivity contribution in [2.45, 2.75) is 25.7 Å². The SMILES string of the molecule is NOCCOCCOCCOCCONC(=O)OCC1[C@H]2CCC#CCC[C@@H]12. The lowest BCUT2D eigenvalue weighted by Gasteiger charge is -2.08. The van der Waals surface area contributed by atoms with Gasteiger partial charge in [0.25, 0.3) is 0 Å². The monoisotopic (exact) mass is 400 g/mol. The summed E-state index contributed by atoms with van der Waals surface area (Å²) in [6, 6.07) is 0. The molecule has 0 spiro atoms. The van der Waals surface area contributed by atoms with Crippen LogP contribution in [0, 0.1) is 29.6 Å². The fourth-order valence-corrected chi connectivity index (χ4v) is 3.34. The molecule has 0 aliphatic heterocycles. The Morgan fingerprint density at radius 3 is 1.96 bits per heavy atom. The van der Waals surface area contributed by atoms with Gasteiger partial charge in [0.1, 0.15) is 0 Å². The summed E-state index contributed by atoms with van der Waals surface area (Å²) in [7, 11) is 0. The lowest BCUT2D eigenvalue weighted by molar-refractivity contribution is -0.0271. The fraction of sp³-hybridized carbons (Fsp3) is 0.842. The van der Waals surface area contributed by atoms with Crippen molar-refractivity contribution < 1.29 is 33.4 Å². The molecule has 2 rings (SSSR count). The molecule has 0 aromatic carbocycles. The molecule has 1 fully saturated rings. The van der Waals surface area contributed by atoms with E-state index in [0.717, 1.165) is 25.7 Å². The number of hydroxylamine groups is 1. The van der Waals surface area contributed by atoms with E-state index in [9.17, 15) is 4.79 Å². The predicted octanol–water partition coefficient (Wildman–Crippen LogP) is 1.02. The Bertz CT molecular complexity index is 476. The van der Waals surface area contributed by atoms with Gasteiger partial charge in [0.2, 0.25) is 0 Å². The molecular weight excluding hydrogens is 368 g/mol. The van der Waals surface area contributed by atoms with Gasteiger partial charge in [0, 0.05) is 12.8 Å². The summed E-state index contributed by atoms with van der Waals surface area (Å²) in [6.07, 6.45) is 3.58. The van der Waals surface area contributed by atoms with Crippen LogP contribution in [0.4, 0.5) is 4.79 Å². The van der Waals surface area contributed by atoms with Crippen molar-refractivity contribution in [1.29, 1.82) is 0 Å². The van der Waals surface area contributed by atoms with Gasteiger partial charge in [-0.3, -0.25) is 4.84 Å². The molecule has 1 unspecified atom stereocenters. The molecule has 0 saturated heterocycles. The number of rotatable bonds is 15. The van der Waals surface area contributed by atoms with Crippen LogP contribution in [0.1, 0.15) is 25.7 Å². The summed E-state index contributed by atoms with van der Waals surface area (Å²) < 4.78 is 21.1. The van der Waals surface area contributed by atoms with Crippen LogP contribution < -0.4 is 11.4 Å². The highest BCUT2D eigenvalue weighted by Crippen LogP contribution is 2.52. The van der Waals surface area contributed by atoms with Crippen molar-refractivity contribution in [2.24, 2.45) is 23.7 Å². The highest BCUT2D eigenvalue weighted by Gasteiger charge is 2.49. The average molecular weight is 400 g/mol. The van der Waals surface area contributed by atoms with Crippen LogP contribution in [0.2, 0.25) is 0 Å². The van der Waals surface area contributed by atoms with E-state index >= 15 is 0 Å². The Labute approximate surface area is 166 Å². The Morgan fingerprint density at radius 1 is 0.857 bits per heavy atom. The third-order valence-corrected chi connectivity index (χ3v) is 4.82. The van der Waals surface area contributed by atoms with Gasteiger partial charge >= 0.3 is 6.09 Å². The number of carbonyl (C=O) groups excluding carboxylic acids is 1. The minimum absolute atomic E-state index is 0.239. The lowest BCUT2D eigenvalue weighted by atomic mass is 10.1. The summed E-state index contributed by atoms with van der Waals surface area (Å²) in [4.78, 5) is 21.1. The molecule has 28 heavy (non-hydrogen) atoms. The van der Waals surface area contributed by atoms with Gasteiger partial charge < -0.3 is 23.8 Å². The molecule has 2 aliphatic rings. The molecule has 1 amide bonds. The number of hydrogen-bond donors (Lipinski definition) is 2. The van der Waals surface area contributed by atoms with Crippen molar-refractivity contribution in [1.82, 2.24) is 5.48 Å². The third-order valence-electron chi connectivity index (χ3n) is 4.82. The Kier molecular flexibility index (Phi) is 11.9. The molecule has 0 aromatic heterocycles. The maximum atomic E-state index is 11.6. The molecule has 160 valence electrons. The molecule has 1 saturated carbocycles. The smallest absolute Gasteiger partial charge is 0.431 e. The van der Waals surface area contributed by atoms with Gasteiger partial charge in [-0.05, 0) is 30.6 Å². The number of hydrogen-bond acceptors (Lipinski definition) is 8. The second-order valence-electron chi connectivity index (χ2n) is 6.68. The maximum Gasteiger partial charge on any atom is 0.431 e. The molecule has 3 N–H and O–H groups in total.